The zero-order chi connectivity index (χ0) is 14.9. The maximum Gasteiger partial charge on any atom is 0.0707 e. The second-order valence-corrected chi connectivity index (χ2v) is 5.98. The zero-order valence-electron chi connectivity index (χ0n) is 12.4. The Bertz CT molecular complexity index is 487. The van der Waals surface area contributed by atoms with E-state index >= 15 is 0 Å². The van der Waals surface area contributed by atoms with E-state index in [-0.39, 0.29) is 6.10 Å². The Balaban J connectivity index is 1.87. The summed E-state index contributed by atoms with van der Waals surface area (Å²) >= 11 is 1.71. The number of aliphatic hydroxyl groups is 1. The van der Waals surface area contributed by atoms with Crippen LogP contribution in [-0.2, 0) is 17.7 Å². The Hall–Kier alpha value is -1.20. The van der Waals surface area contributed by atoms with E-state index in [4.69, 9.17) is 4.74 Å². The van der Waals surface area contributed by atoms with Crippen molar-refractivity contribution in [3.8, 4) is 0 Å². The molecule has 0 saturated heterocycles. The Morgan fingerprint density at radius 2 is 2.00 bits per heavy atom. The van der Waals surface area contributed by atoms with E-state index in [1.165, 1.54) is 11.1 Å². The van der Waals surface area contributed by atoms with Gasteiger partial charge < -0.3 is 9.84 Å². The number of methoxy groups -OCH3 is 1. The van der Waals surface area contributed by atoms with E-state index in [1.54, 1.807) is 18.4 Å². The Labute approximate surface area is 130 Å². The fourth-order valence-electron chi connectivity index (χ4n) is 2.34. The first-order chi connectivity index (χ1) is 10.3. The molecule has 1 heterocycles. The first kappa shape index (κ1) is 16.2. The molecule has 0 fully saturated rings. The van der Waals surface area contributed by atoms with Crippen molar-refractivity contribution in [1.82, 2.24) is 4.90 Å². The Kier molecular flexibility index (Phi) is 6.89. The highest BCUT2D eigenvalue weighted by Gasteiger charge is 2.13. The number of hydrogen-bond acceptors (Lipinski definition) is 4. The highest BCUT2D eigenvalue weighted by atomic mass is 32.1. The van der Waals surface area contributed by atoms with Crippen molar-refractivity contribution >= 4 is 11.3 Å². The van der Waals surface area contributed by atoms with Crippen LogP contribution in [0.25, 0.3) is 0 Å². The van der Waals surface area contributed by atoms with Crippen LogP contribution in [0.1, 0.15) is 11.1 Å². The number of hydrogen-bond donors (Lipinski definition) is 1. The van der Waals surface area contributed by atoms with Crippen molar-refractivity contribution in [2.24, 2.45) is 0 Å². The summed E-state index contributed by atoms with van der Waals surface area (Å²) in [6.07, 6.45) is 0.330. The quantitative estimate of drug-likeness (QED) is 0.773. The number of aliphatic hydroxyl groups excluding tert-OH is 1. The van der Waals surface area contributed by atoms with Crippen LogP contribution in [0.15, 0.2) is 47.2 Å². The molecule has 0 radical (unpaired) electrons. The van der Waals surface area contributed by atoms with Gasteiger partial charge in [-0.25, -0.2) is 0 Å². The second-order valence-electron chi connectivity index (χ2n) is 5.20. The molecule has 0 saturated carbocycles. The van der Waals surface area contributed by atoms with Crippen LogP contribution in [0.5, 0.6) is 0 Å². The lowest BCUT2D eigenvalue weighted by Gasteiger charge is -2.24. The molecule has 114 valence electrons. The molecular formula is C17H23NO2S. The summed E-state index contributed by atoms with van der Waals surface area (Å²) in [6.45, 7) is 3.03. The average molecular weight is 305 g/mol. The van der Waals surface area contributed by atoms with Crippen molar-refractivity contribution in [3.63, 3.8) is 0 Å². The molecule has 0 aliphatic carbocycles. The van der Waals surface area contributed by atoms with Crippen LogP contribution in [0.2, 0.25) is 0 Å². The molecule has 2 aromatic rings. The van der Waals surface area contributed by atoms with Gasteiger partial charge in [0.25, 0.3) is 0 Å². The highest BCUT2D eigenvalue weighted by Crippen LogP contribution is 2.11. The number of rotatable bonds is 9. The molecule has 1 aromatic heterocycles. The van der Waals surface area contributed by atoms with Gasteiger partial charge in [0, 0.05) is 26.7 Å². The third kappa shape index (κ3) is 5.98. The van der Waals surface area contributed by atoms with Gasteiger partial charge in [0.2, 0.25) is 0 Å². The van der Waals surface area contributed by atoms with Crippen LogP contribution >= 0.6 is 11.3 Å². The van der Waals surface area contributed by atoms with Crippen LogP contribution in [-0.4, -0.2) is 42.9 Å². The molecule has 1 aromatic carbocycles. The van der Waals surface area contributed by atoms with Gasteiger partial charge in [0.15, 0.2) is 0 Å². The number of ether oxygens (including phenoxy) is 1. The molecule has 0 aliphatic heterocycles. The molecule has 21 heavy (non-hydrogen) atoms. The third-order valence-corrected chi connectivity index (χ3v) is 4.11. The monoisotopic (exact) mass is 305 g/mol. The fourth-order valence-corrected chi connectivity index (χ4v) is 3.00. The zero-order valence-corrected chi connectivity index (χ0v) is 13.3. The lowest BCUT2D eigenvalue weighted by Crippen LogP contribution is -2.35. The molecule has 1 N–H and O–H groups in total. The van der Waals surface area contributed by atoms with Gasteiger partial charge in [-0.05, 0) is 34.4 Å². The van der Waals surface area contributed by atoms with E-state index < -0.39 is 0 Å². The predicted octanol–water partition coefficient (Wildman–Crippen LogP) is 2.80. The van der Waals surface area contributed by atoms with E-state index in [0.717, 1.165) is 13.1 Å². The van der Waals surface area contributed by atoms with Gasteiger partial charge in [-0.3, -0.25) is 4.90 Å². The van der Waals surface area contributed by atoms with Crippen molar-refractivity contribution < 1.29 is 9.84 Å². The van der Waals surface area contributed by atoms with Gasteiger partial charge in [-0.1, -0.05) is 30.3 Å². The SMILES string of the molecule is COCCN(Cc1ccsc1)CC(O)Cc1ccccc1. The number of thiophene rings is 1. The molecule has 1 unspecified atom stereocenters. The maximum absolute atomic E-state index is 10.3. The summed E-state index contributed by atoms with van der Waals surface area (Å²) in [5.74, 6) is 0. The van der Waals surface area contributed by atoms with Gasteiger partial charge in [0.1, 0.15) is 0 Å². The normalized spacial score (nSPS) is 12.7. The van der Waals surface area contributed by atoms with E-state index in [1.807, 2.05) is 18.2 Å². The molecule has 1 atom stereocenters. The van der Waals surface area contributed by atoms with Crippen molar-refractivity contribution in [3.05, 3.63) is 58.3 Å². The molecule has 2 rings (SSSR count). The molecule has 0 amide bonds. The summed E-state index contributed by atoms with van der Waals surface area (Å²) in [7, 11) is 1.71. The van der Waals surface area contributed by atoms with Crippen LogP contribution in [0, 0.1) is 0 Å². The van der Waals surface area contributed by atoms with E-state index in [9.17, 15) is 5.11 Å². The van der Waals surface area contributed by atoms with Crippen LogP contribution in [0.4, 0.5) is 0 Å². The van der Waals surface area contributed by atoms with Crippen molar-refractivity contribution in [1.29, 1.82) is 0 Å². The second kappa shape index (κ2) is 8.95. The minimum absolute atomic E-state index is 0.358. The summed E-state index contributed by atoms with van der Waals surface area (Å²) in [6, 6.07) is 12.3. The van der Waals surface area contributed by atoms with Gasteiger partial charge in [-0.15, -0.1) is 0 Å². The molecular weight excluding hydrogens is 282 g/mol. The summed E-state index contributed by atoms with van der Waals surface area (Å²) in [5, 5.41) is 14.6. The number of nitrogens with zero attached hydrogens (tertiary/aromatic N) is 1. The topological polar surface area (TPSA) is 32.7 Å². The van der Waals surface area contributed by atoms with E-state index in [0.29, 0.717) is 19.6 Å². The van der Waals surface area contributed by atoms with E-state index in [2.05, 4.69) is 33.9 Å². The maximum atomic E-state index is 10.3. The minimum atomic E-state index is -0.358. The standard InChI is InChI=1S/C17H23NO2S/c1-20-9-8-18(12-16-7-10-21-14-16)13-17(19)11-15-5-3-2-4-6-15/h2-7,10,14,17,19H,8-9,11-13H2,1H3. The largest absolute Gasteiger partial charge is 0.391 e. The minimum Gasteiger partial charge on any atom is -0.391 e. The van der Waals surface area contributed by atoms with Gasteiger partial charge >= 0.3 is 0 Å². The summed E-state index contributed by atoms with van der Waals surface area (Å²) in [5.41, 5.74) is 2.47. The molecule has 0 spiro atoms. The number of benzene rings is 1. The summed E-state index contributed by atoms with van der Waals surface area (Å²) < 4.78 is 5.17. The van der Waals surface area contributed by atoms with Gasteiger partial charge in [-0.2, -0.15) is 11.3 Å². The smallest absolute Gasteiger partial charge is 0.0707 e. The van der Waals surface area contributed by atoms with Crippen LogP contribution in [0.3, 0.4) is 0 Å². The fraction of sp³-hybridized carbons (Fsp3) is 0.412. The predicted molar refractivity (Wildman–Crippen MR) is 87.6 cm³/mol. The lowest BCUT2D eigenvalue weighted by molar-refractivity contribution is 0.0852. The van der Waals surface area contributed by atoms with Crippen LogP contribution < -0.4 is 0 Å². The molecule has 4 heteroatoms. The summed E-state index contributed by atoms with van der Waals surface area (Å²) in [4.78, 5) is 2.25. The Morgan fingerprint density at radius 1 is 1.19 bits per heavy atom. The highest BCUT2D eigenvalue weighted by molar-refractivity contribution is 7.07. The lowest BCUT2D eigenvalue weighted by atomic mass is 10.1. The van der Waals surface area contributed by atoms with Crippen molar-refractivity contribution in [2.45, 2.75) is 19.1 Å². The first-order valence-corrected chi connectivity index (χ1v) is 8.16. The first-order valence-electron chi connectivity index (χ1n) is 7.22. The van der Waals surface area contributed by atoms with Gasteiger partial charge in [0.05, 0.1) is 12.7 Å². The Morgan fingerprint density at radius 3 is 2.67 bits per heavy atom. The molecule has 0 aliphatic rings. The molecule has 0 bridgehead atoms. The van der Waals surface area contributed by atoms with Crippen molar-refractivity contribution in [2.75, 3.05) is 26.8 Å². The third-order valence-electron chi connectivity index (χ3n) is 3.38. The average Bonchev–Trinajstić information content (AvgIpc) is 2.98. The molecule has 3 nitrogen and oxygen atoms in total.